The van der Waals surface area contributed by atoms with Crippen LogP contribution in [0.15, 0.2) is 63.8 Å². The Morgan fingerprint density at radius 2 is 2.25 bits per heavy atom. The zero-order valence-electron chi connectivity index (χ0n) is 16.9. The quantitative estimate of drug-likeness (QED) is 0.349. The third-order valence-electron chi connectivity index (χ3n) is 3.73. The van der Waals surface area contributed by atoms with E-state index in [1.54, 1.807) is 31.7 Å². The Labute approximate surface area is 172 Å². The van der Waals surface area contributed by atoms with E-state index < -0.39 is 6.10 Å². The Morgan fingerprint density at radius 3 is 2.93 bits per heavy atom. The standard InChI is InChI=1S/C21H29ClN2O4/c1-5-17(12-23-4)11-19(22)14-27-20(6-2)21(25)24-13-18-8-7-9-26-15-28-16(3)10-18/h7-12,14,20H,5-6,13,15H2,1-4H3,(H,24,25)/b9-7+,16-10+,17-11-,18-8+,19-14-,23-12-. The van der Waals surface area contributed by atoms with Gasteiger partial charge in [-0.15, -0.1) is 0 Å². The van der Waals surface area contributed by atoms with Crippen molar-refractivity contribution >= 4 is 23.7 Å². The summed E-state index contributed by atoms with van der Waals surface area (Å²) in [6, 6.07) is 0. The molecule has 1 atom stereocenters. The second-order valence-corrected chi connectivity index (χ2v) is 6.40. The van der Waals surface area contributed by atoms with Crippen LogP contribution in [0.5, 0.6) is 0 Å². The summed E-state index contributed by atoms with van der Waals surface area (Å²) < 4.78 is 16.1. The van der Waals surface area contributed by atoms with Crippen molar-refractivity contribution in [3.63, 3.8) is 0 Å². The molecule has 0 saturated heterocycles. The predicted molar refractivity (Wildman–Crippen MR) is 113 cm³/mol. The zero-order valence-corrected chi connectivity index (χ0v) is 17.7. The maximum absolute atomic E-state index is 12.4. The minimum atomic E-state index is -0.635. The summed E-state index contributed by atoms with van der Waals surface area (Å²) in [4.78, 5) is 16.4. The Kier molecular flexibility index (Phi) is 11.5. The number of carbonyl (C=O) groups is 1. The molecule has 1 heterocycles. The second-order valence-electron chi connectivity index (χ2n) is 5.97. The molecule has 0 fully saturated rings. The number of hydrogen-bond acceptors (Lipinski definition) is 5. The predicted octanol–water partition coefficient (Wildman–Crippen LogP) is 4.36. The van der Waals surface area contributed by atoms with E-state index in [-0.39, 0.29) is 12.7 Å². The number of hydrogen-bond donors (Lipinski definition) is 1. The van der Waals surface area contributed by atoms with Gasteiger partial charge in [-0.2, -0.15) is 0 Å². The van der Waals surface area contributed by atoms with Gasteiger partial charge in [0.25, 0.3) is 5.91 Å². The zero-order chi connectivity index (χ0) is 20.8. The molecular formula is C21H29ClN2O4. The molecule has 0 aromatic carbocycles. The van der Waals surface area contributed by atoms with Gasteiger partial charge in [-0.05, 0) is 49.1 Å². The van der Waals surface area contributed by atoms with Crippen molar-refractivity contribution < 1.29 is 19.0 Å². The summed E-state index contributed by atoms with van der Waals surface area (Å²) in [6.07, 6.45) is 12.6. The van der Waals surface area contributed by atoms with E-state index in [0.29, 0.717) is 23.8 Å². The first-order chi connectivity index (χ1) is 13.5. The summed E-state index contributed by atoms with van der Waals surface area (Å²) in [5.41, 5.74) is 1.85. The molecular weight excluding hydrogens is 380 g/mol. The lowest BCUT2D eigenvalue weighted by Gasteiger charge is -2.15. The van der Waals surface area contributed by atoms with Gasteiger partial charge in [0.2, 0.25) is 6.79 Å². The topological polar surface area (TPSA) is 69.2 Å². The van der Waals surface area contributed by atoms with Crippen LogP contribution in [0.2, 0.25) is 0 Å². The first-order valence-corrected chi connectivity index (χ1v) is 9.57. The highest BCUT2D eigenvalue weighted by Crippen LogP contribution is 2.12. The van der Waals surface area contributed by atoms with E-state index in [4.69, 9.17) is 25.8 Å². The fourth-order valence-corrected chi connectivity index (χ4v) is 2.44. The van der Waals surface area contributed by atoms with Crippen molar-refractivity contribution in [1.29, 1.82) is 0 Å². The van der Waals surface area contributed by atoms with Gasteiger partial charge in [0.15, 0.2) is 6.10 Å². The largest absolute Gasteiger partial charge is 0.487 e. The van der Waals surface area contributed by atoms with Gasteiger partial charge < -0.3 is 19.5 Å². The third-order valence-corrected chi connectivity index (χ3v) is 3.93. The molecule has 1 rings (SSSR count). The minimum absolute atomic E-state index is 0.156. The molecule has 28 heavy (non-hydrogen) atoms. The summed E-state index contributed by atoms with van der Waals surface area (Å²) in [7, 11) is 1.70. The van der Waals surface area contributed by atoms with E-state index in [9.17, 15) is 4.79 Å². The number of amides is 1. The number of nitrogens with one attached hydrogen (secondary N) is 1. The first-order valence-electron chi connectivity index (χ1n) is 9.20. The average molecular weight is 409 g/mol. The van der Waals surface area contributed by atoms with Crippen LogP contribution in [0.3, 0.4) is 0 Å². The molecule has 7 heteroatoms. The van der Waals surface area contributed by atoms with Crippen LogP contribution in [0.4, 0.5) is 0 Å². The van der Waals surface area contributed by atoms with Gasteiger partial charge in [-0.1, -0.05) is 31.5 Å². The van der Waals surface area contributed by atoms with Gasteiger partial charge in [-0.3, -0.25) is 9.79 Å². The van der Waals surface area contributed by atoms with Crippen LogP contribution in [-0.4, -0.2) is 38.6 Å². The summed E-state index contributed by atoms with van der Waals surface area (Å²) in [6.45, 7) is 6.21. The van der Waals surface area contributed by atoms with Crippen molar-refractivity contribution in [2.24, 2.45) is 4.99 Å². The molecule has 1 aliphatic heterocycles. The molecule has 0 spiro atoms. The fraction of sp³-hybridized carbons (Fsp3) is 0.429. The highest BCUT2D eigenvalue weighted by Gasteiger charge is 2.16. The van der Waals surface area contributed by atoms with E-state index in [1.807, 2.05) is 32.9 Å². The number of nitrogens with zero attached hydrogens (tertiary/aromatic N) is 1. The van der Waals surface area contributed by atoms with Gasteiger partial charge in [0, 0.05) is 19.8 Å². The first kappa shape index (κ1) is 23.6. The van der Waals surface area contributed by atoms with Crippen LogP contribution in [-0.2, 0) is 19.0 Å². The van der Waals surface area contributed by atoms with Crippen molar-refractivity contribution in [1.82, 2.24) is 5.32 Å². The van der Waals surface area contributed by atoms with E-state index >= 15 is 0 Å². The summed E-state index contributed by atoms with van der Waals surface area (Å²) >= 11 is 6.18. The average Bonchev–Trinajstić information content (AvgIpc) is 2.78. The lowest BCUT2D eigenvalue weighted by Crippen LogP contribution is -2.36. The van der Waals surface area contributed by atoms with Crippen molar-refractivity contribution in [2.75, 3.05) is 20.4 Å². The molecule has 0 bridgehead atoms. The fourth-order valence-electron chi connectivity index (χ4n) is 2.25. The SMILES string of the molecule is CCC(/C=N\C)=C/C(Cl)=C/OC(CC)C(=O)NCC1=C/C=C/OCO\C(C)=C\1. The third kappa shape index (κ3) is 9.46. The van der Waals surface area contributed by atoms with E-state index in [1.165, 1.54) is 6.26 Å². The van der Waals surface area contributed by atoms with Gasteiger partial charge in [0.1, 0.15) is 6.26 Å². The molecule has 1 aliphatic rings. The van der Waals surface area contributed by atoms with Crippen LogP contribution in [0, 0.1) is 0 Å². The van der Waals surface area contributed by atoms with E-state index in [0.717, 1.165) is 17.6 Å². The van der Waals surface area contributed by atoms with Gasteiger partial charge >= 0.3 is 0 Å². The lowest BCUT2D eigenvalue weighted by molar-refractivity contribution is -0.129. The Balaban J connectivity index is 2.69. The maximum Gasteiger partial charge on any atom is 0.261 e. The normalized spacial score (nSPS) is 21.6. The van der Waals surface area contributed by atoms with Crippen molar-refractivity contribution in [2.45, 2.75) is 39.7 Å². The number of allylic oxidation sites excluding steroid dienone is 6. The number of rotatable bonds is 9. The van der Waals surface area contributed by atoms with Crippen molar-refractivity contribution in [3.05, 3.63) is 58.8 Å². The van der Waals surface area contributed by atoms with Crippen LogP contribution < -0.4 is 5.32 Å². The van der Waals surface area contributed by atoms with Crippen LogP contribution in [0.1, 0.15) is 33.6 Å². The number of halogens is 1. The molecule has 6 nitrogen and oxygen atoms in total. The van der Waals surface area contributed by atoms with Crippen molar-refractivity contribution in [3.8, 4) is 0 Å². The van der Waals surface area contributed by atoms with Crippen LogP contribution >= 0.6 is 11.6 Å². The molecule has 0 aromatic heterocycles. The summed E-state index contributed by atoms with van der Waals surface area (Å²) in [5, 5.41) is 3.28. The summed E-state index contributed by atoms with van der Waals surface area (Å²) in [5.74, 6) is 0.488. The van der Waals surface area contributed by atoms with E-state index in [2.05, 4.69) is 10.3 Å². The maximum atomic E-state index is 12.4. The molecule has 1 N–H and O–H groups in total. The molecule has 0 aromatic rings. The lowest BCUT2D eigenvalue weighted by atomic mass is 10.2. The number of ether oxygens (including phenoxy) is 3. The molecule has 0 saturated carbocycles. The molecule has 0 aliphatic carbocycles. The van der Waals surface area contributed by atoms with Gasteiger partial charge in [-0.25, -0.2) is 0 Å². The smallest absolute Gasteiger partial charge is 0.261 e. The molecule has 0 radical (unpaired) electrons. The molecule has 1 unspecified atom stereocenters. The number of carbonyl (C=O) groups excluding carboxylic acids is 1. The second kappa shape index (κ2) is 13.7. The van der Waals surface area contributed by atoms with Gasteiger partial charge in [0.05, 0.1) is 17.1 Å². The monoisotopic (exact) mass is 408 g/mol. The highest BCUT2D eigenvalue weighted by molar-refractivity contribution is 6.31. The Hall–Kier alpha value is -2.47. The molecule has 154 valence electrons. The molecule has 1 amide bonds. The minimum Gasteiger partial charge on any atom is -0.487 e. The van der Waals surface area contributed by atoms with Crippen LogP contribution in [0.25, 0.3) is 0 Å². The Morgan fingerprint density at radius 1 is 1.46 bits per heavy atom. The Bertz CT molecular complexity index is 691. The number of aliphatic imine (C=N–C) groups is 1. The highest BCUT2D eigenvalue weighted by atomic mass is 35.5.